The Labute approximate surface area is 124 Å². The molecular weight excluding hydrogens is 301 g/mol. The molecule has 2 rings (SSSR count). The van der Waals surface area contributed by atoms with E-state index in [1.165, 1.54) is 0 Å². The maximum atomic E-state index is 13.4. The molecule has 1 aliphatic rings. The van der Waals surface area contributed by atoms with Gasteiger partial charge in [0, 0.05) is 12.5 Å². The van der Waals surface area contributed by atoms with Gasteiger partial charge in [-0.2, -0.15) is 4.39 Å². The van der Waals surface area contributed by atoms with E-state index in [9.17, 15) is 22.8 Å². The lowest BCUT2D eigenvalue weighted by molar-refractivity contribution is -0.124. The first-order valence-corrected chi connectivity index (χ1v) is 6.72. The summed E-state index contributed by atoms with van der Waals surface area (Å²) in [6, 6.07) is 0.318. The van der Waals surface area contributed by atoms with Crippen LogP contribution in [0, 0.1) is 23.4 Å². The molecule has 0 aromatic heterocycles. The molecule has 1 aromatic rings. The molecule has 22 heavy (non-hydrogen) atoms. The fraction of sp³-hybridized carbons (Fsp3) is 0.429. The van der Waals surface area contributed by atoms with Crippen LogP contribution in [-0.4, -0.2) is 30.9 Å². The minimum Gasteiger partial charge on any atom is -0.480 e. The summed E-state index contributed by atoms with van der Waals surface area (Å²) in [5, 5.41) is 2.62. The van der Waals surface area contributed by atoms with Gasteiger partial charge in [-0.25, -0.2) is 8.78 Å². The normalized spacial score (nSPS) is 18.9. The third-order valence-electron chi connectivity index (χ3n) is 3.48. The van der Waals surface area contributed by atoms with Crippen molar-refractivity contribution in [1.82, 2.24) is 5.32 Å². The molecule has 5 nitrogen and oxygen atoms in total. The third-order valence-corrected chi connectivity index (χ3v) is 3.48. The van der Waals surface area contributed by atoms with Crippen LogP contribution in [0.3, 0.4) is 0 Å². The second-order valence-electron chi connectivity index (χ2n) is 5.05. The first kappa shape index (κ1) is 16.3. The quantitative estimate of drug-likeness (QED) is 0.764. The first-order valence-electron chi connectivity index (χ1n) is 6.72. The van der Waals surface area contributed by atoms with E-state index < -0.39 is 41.6 Å². The summed E-state index contributed by atoms with van der Waals surface area (Å²) in [4.78, 5) is 23.2. The topological polar surface area (TPSA) is 81.4 Å². The maximum Gasteiger partial charge on any atom is 0.223 e. The maximum absolute atomic E-state index is 13.4. The van der Waals surface area contributed by atoms with Gasteiger partial charge in [0.1, 0.15) is 6.61 Å². The number of ether oxygens (including phenoxy) is 1. The van der Waals surface area contributed by atoms with Gasteiger partial charge in [0.15, 0.2) is 23.2 Å². The molecule has 8 heteroatoms. The number of hydrogen-bond donors (Lipinski definition) is 2. The van der Waals surface area contributed by atoms with Crippen LogP contribution < -0.4 is 15.8 Å². The highest BCUT2D eigenvalue weighted by atomic mass is 19.2. The Bertz CT molecular complexity index is 595. The molecule has 1 saturated heterocycles. The van der Waals surface area contributed by atoms with E-state index in [0.29, 0.717) is 25.1 Å². The molecule has 0 spiro atoms. The second-order valence-corrected chi connectivity index (χ2v) is 5.05. The Kier molecular flexibility index (Phi) is 5.02. The van der Waals surface area contributed by atoms with Crippen molar-refractivity contribution in [2.45, 2.75) is 18.9 Å². The molecule has 2 atom stereocenters. The lowest BCUT2D eigenvalue weighted by Crippen LogP contribution is -2.37. The molecule has 1 aliphatic heterocycles. The molecular formula is C14H15F3N2O3. The van der Waals surface area contributed by atoms with E-state index in [1.54, 1.807) is 0 Å². The van der Waals surface area contributed by atoms with Crippen LogP contribution in [0.25, 0.3) is 0 Å². The van der Waals surface area contributed by atoms with Crippen LogP contribution >= 0.6 is 0 Å². The molecule has 1 aromatic carbocycles. The number of nitrogens with two attached hydrogens (primary N) is 1. The van der Waals surface area contributed by atoms with Crippen molar-refractivity contribution >= 4 is 11.7 Å². The van der Waals surface area contributed by atoms with Gasteiger partial charge in [-0.3, -0.25) is 9.59 Å². The summed E-state index contributed by atoms with van der Waals surface area (Å²) in [6.45, 7) is -0.173. The van der Waals surface area contributed by atoms with Gasteiger partial charge in [0.2, 0.25) is 11.7 Å². The summed E-state index contributed by atoms with van der Waals surface area (Å²) in [7, 11) is 0. The van der Waals surface area contributed by atoms with E-state index in [2.05, 4.69) is 5.32 Å². The van der Waals surface area contributed by atoms with Gasteiger partial charge >= 0.3 is 0 Å². The highest BCUT2D eigenvalue weighted by molar-refractivity contribution is 5.87. The highest BCUT2D eigenvalue weighted by Crippen LogP contribution is 2.24. The molecule has 120 valence electrons. The average Bonchev–Trinajstić information content (AvgIpc) is 2.88. The smallest absolute Gasteiger partial charge is 0.223 e. The Balaban J connectivity index is 1.92. The van der Waals surface area contributed by atoms with Crippen molar-refractivity contribution in [3.63, 3.8) is 0 Å². The van der Waals surface area contributed by atoms with Crippen molar-refractivity contribution in [3.05, 3.63) is 29.6 Å². The Morgan fingerprint density at radius 2 is 2.05 bits per heavy atom. The second kappa shape index (κ2) is 6.78. The highest BCUT2D eigenvalue weighted by Gasteiger charge is 2.29. The summed E-state index contributed by atoms with van der Waals surface area (Å²) < 4.78 is 44.4. The van der Waals surface area contributed by atoms with Gasteiger partial charge in [0.05, 0.1) is 6.04 Å². The van der Waals surface area contributed by atoms with Crippen LogP contribution in [0.2, 0.25) is 0 Å². The number of nitrogens with one attached hydrogen (secondary N) is 1. The van der Waals surface area contributed by atoms with Gasteiger partial charge < -0.3 is 15.8 Å². The molecule has 1 fully saturated rings. The van der Waals surface area contributed by atoms with Crippen molar-refractivity contribution < 1.29 is 27.5 Å². The van der Waals surface area contributed by atoms with Gasteiger partial charge in [0.25, 0.3) is 0 Å². The number of carbonyl (C=O) groups excluding carboxylic acids is 2. The number of halogens is 3. The number of rotatable bonds is 6. The largest absolute Gasteiger partial charge is 0.480 e. The Morgan fingerprint density at radius 3 is 2.68 bits per heavy atom. The zero-order chi connectivity index (χ0) is 16.3. The number of ketones is 1. The standard InChI is InChI=1S/C14H15F3N2O3/c15-8-1-2-9(16)13(12(8)17)22-6-11(20)10(18)5-7-3-4-19-14(7)21/h1-2,7,10H,3-6,18H2,(H,19,21)/t7-,10-/m0/s1. The number of Topliss-reactive ketones (excluding diaryl/α,β-unsaturated/α-hetero) is 1. The first-order chi connectivity index (χ1) is 10.4. The van der Waals surface area contributed by atoms with Crippen LogP contribution in [0.5, 0.6) is 5.75 Å². The summed E-state index contributed by atoms with van der Waals surface area (Å²) >= 11 is 0. The monoisotopic (exact) mass is 316 g/mol. The van der Waals surface area contributed by atoms with Gasteiger partial charge in [-0.05, 0) is 25.0 Å². The van der Waals surface area contributed by atoms with E-state index in [0.717, 1.165) is 0 Å². The van der Waals surface area contributed by atoms with Crippen LogP contribution in [0.15, 0.2) is 12.1 Å². The minimum absolute atomic E-state index is 0.127. The SMILES string of the molecule is N[C@@H](C[C@@H]1CCNC1=O)C(=O)COc1c(F)ccc(F)c1F. The molecule has 0 radical (unpaired) electrons. The number of benzene rings is 1. The van der Waals surface area contributed by atoms with Crippen LogP contribution in [-0.2, 0) is 9.59 Å². The minimum atomic E-state index is -1.50. The fourth-order valence-corrected chi connectivity index (χ4v) is 2.20. The van der Waals surface area contributed by atoms with Crippen LogP contribution in [0.1, 0.15) is 12.8 Å². The van der Waals surface area contributed by atoms with Gasteiger partial charge in [-0.15, -0.1) is 0 Å². The predicted octanol–water partition coefficient (Wildman–Crippen LogP) is 0.905. The molecule has 0 aliphatic carbocycles. The zero-order valence-corrected chi connectivity index (χ0v) is 11.6. The molecule has 0 unspecified atom stereocenters. The Morgan fingerprint density at radius 1 is 1.36 bits per heavy atom. The van der Waals surface area contributed by atoms with Crippen molar-refractivity contribution in [2.75, 3.05) is 13.2 Å². The van der Waals surface area contributed by atoms with Crippen molar-refractivity contribution in [2.24, 2.45) is 11.7 Å². The number of amides is 1. The van der Waals surface area contributed by atoms with E-state index in [4.69, 9.17) is 10.5 Å². The van der Waals surface area contributed by atoms with E-state index in [1.807, 2.05) is 0 Å². The van der Waals surface area contributed by atoms with E-state index in [-0.39, 0.29) is 18.2 Å². The summed E-state index contributed by atoms with van der Waals surface area (Å²) in [6.07, 6.45) is 0.704. The molecule has 0 saturated carbocycles. The van der Waals surface area contributed by atoms with E-state index >= 15 is 0 Å². The predicted molar refractivity (Wildman–Crippen MR) is 70.5 cm³/mol. The molecule has 1 heterocycles. The average molecular weight is 316 g/mol. The fourth-order valence-electron chi connectivity index (χ4n) is 2.20. The number of hydrogen-bond acceptors (Lipinski definition) is 4. The zero-order valence-electron chi connectivity index (χ0n) is 11.6. The van der Waals surface area contributed by atoms with Gasteiger partial charge in [-0.1, -0.05) is 0 Å². The van der Waals surface area contributed by atoms with Crippen molar-refractivity contribution in [3.8, 4) is 5.75 Å². The summed E-state index contributed by atoms with van der Waals surface area (Å²) in [5.74, 6) is -6.02. The summed E-state index contributed by atoms with van der Waals surface area (Å²) in [5.41, 5.74) is 5.66. The van der Waals surface area contributed by atoms with Crippen molar-refractivity contribution in [1.29, 1.82) is 0 Å². The lowest BCUT2D eigenvalue weighted by Gasteiger charge is -2.14. The van der Waals surface area contributed by atoms with Crippen LogP contribution in [0.4, 0.5) is 13.2 Å². The molecule has 3 N–H and O–H groups in total. The molecule has 1 amide bonds. The third kappa shape index (κ3) is 3.56. The lowest BCUT2D eigenvalue weighted by atomic mass is 9.97. The molecule has 0 bridgehead atoms. The number of carbonyl (C=O) groups is 2. The Hall–Kier alpha value is -2.09.